The van der Waals surface area contributed by atoms with Gasteiger partial charge in [-0.25, -0.2) is 4.70 Å². The second kappa shape index (κ2) is 15.6. The van der Waals surface area contributed by atoms with Gasteiger partial charge in [-0.2, -0.15) is 0 Å². The van der Waals surface area contributed by atoms with Crippen LogP contribution in [0, 0.1) is 0 Å². The predicted molar refractivity (Wildman–Crippen MR) is 156 cm³/mol. The molecule has 0 radical (unpaired) electrons. The second-order valence-electron chi connectivity index (χ2n) is 10.5. The Kier molecular flexibility index (Phi) is 12.2. The molecule has 0 unspecified atom stereocenters. The number of allylic oxidation sites excluding steroid dienone is 2. The van der Waals surface area contributed by atoms with Crippen LogP contribution in [0.2, 0.25) is 0 Å². The highest BCUT2D eigenvalue weighted by atomic mass is 15.2. The monoisotopic (exact) mass is 484 g/mol. The molecule has 2 heteroatoms. The van der Waals surface area contributed by atoms with Gasteiger partial charge in [0.2, 0.25) is 11.4 Å². The third-order valence-corrected chi connectivity index (χ3v) is 7.50. The van der Waals surface area contributed by atoms with E-state index >= 15 is 0 Å². The molecule has 2 nitrogen and oxygen atoms in total. The smallest absolute Gasteiger partial charge is 0.210 e. The van der Waals surface area contributed by atoms with Gasteiger partial charge in [0.1, 0.15) is 0 Å². The van der Waals surface area contributed by atoms with Crippen molar-refractivity contribution in [3.05, 3.63) is 88.0 Å². The second-order valence-corrected chi connectivity index (χ2v) is 10.5. The number of hydrogen-bond donors (Lipinski definition) is 0. The largest absolute Gasteiger partial charge is 0.493 e. The third kappa shape index (κ3) is 8.29. The number of unbranched alkanes of at least 4 members (excludes halogenated alkanes) is 10. The van der Waals surface area contributed by atoms with Crippen molar-refractivity contribution in [2.75, 3.05) is 0 Å². The average Bonchev–Trinajstić information content (AvgIpc) is 3.24. The molecule has 0 aliphatic carbocycles. The Labute approximate surface area is 221 Å². The van der Waals surface area contributed by atoms with E-state index in [-0.39, 0.29) is 0 Å². The van der Waals surface area contributed by atoms with Gasteiger partial charge in [-0.05, 0) is 67.5 Å². The summed E-state index contributed by atoms with van der Waals surface area (Å²) in [5, 5.41) is 0. The van der Waals surface area contributed by atoms with Gasteiger partial charge in [-0.3, -0.25) is 0 Å². The molecule has 0 amide bonds. The Morgan fingerprint density at radius 1 is 0.611 bits per heavy atom. The third-order valence-electron chi connectivity index (χ3n) is 7.50. The van der Waals surface area contributed by atoms with Gasteiger partial charge < -0.3 is 5.53 Å². The van der Waals surface area contributed by atoms with Crippen molar-refractivity contribution in [2.24, 2.45) is 0 Å². The van der Waals surface area contributed by atoms with E-state index in [9.17, 15) is 5.53 Å². The van der Waals surface area contributed by atoms with E-state index in [1.54, 1.807) is 0 Å². The lowest BCUT2D eigenvalue weighted by molar-refractivity contribution is -0.344. The molecule has 3 rings (SSSR count). The van der Waals surface area contributed by atoms with Crippen molar-refractivity contribution in [1.82, 2.24) is 0 Å². The minimum Gasteiger partial charge on any atom is -0.493 e. The van der Waals surface area contributed by atoms with Gasteiger partial charge in [0.05, 0.1) is 0 Å². The van der Waals surface area contributed by atoms with E-state index in [1.165, 1.54) is 98.4 Å². The number of nitrogens with zero attached hydrogens (tertiary/aromatic N) is 2. The minimum absolute atomic E-state index is 0.896. The van der Waals surface area contributed by atoms with Crippen molar-refractivity contribution in [3.8, 4) is 0 Å². The highest BCUT2D eigenvalue weighted by molar-refractivity contribution is 5.78. The highest BCUT2D eigenvalue weighted by Gasteiger charge is 2.28. The molecule has 0 spiro atoms. The maximum Gasteiger partial charge on any atom is 0.210 e. The lowest BCUT2D eigenvalue weighted by atomic mass is 10.00. The first kappa shape index (κ1) is 28.1. The summed E-state index contributed by atoms with van der Waals surface area (Å²) in [5.41, 5.74) is 19.3. The fraction of sp³-hybridized carbons (Fsp3) is 0.529. The average molecular weight is 485 g/mol. The zero-order valence-corrected chi connectivity index (χ0v) is 23.2. The first-order chi connectivity index (χ1) is 17.7. The van der Waals surface area contributed by atoms with Crippen molar-refractivity contribution < 1.29 is 4.70 Å². The first-order valence-electron chi connectivity index (χ1n) is 14.8. The van der Waals surface area contributed by atoms with Crippen LogP contribution in [0.25, 0.3) is 16.9 Å². The molecular formula is C34H48N2. The Balaban J connectivity index is 1.64. The van der Waals surface area contributed by atoms with Crippen LogP contribution in [-0.4, -0.2) is 4.70 Å². The SMILES string of the molecule is CCCCCCCCc1cccc(C2=CC(CC)=C(c3cccc(CCCCCCCC)c3)[N+]2=[N-])c1. The molecule has 0 aromatic heterocycles. The van der Waals surface area contributed by atoms with Crippen LogP contribution in [0.15, 0.2) is 60.2 Å². The molecule has 1 aliphatic rings. The van der Waals surface area contributed by atoms with Gasteiger partial charge in [0.25, 0.3) is 0 Å². The van der Waals surface area contributed by atoms with E-state index in [0.717, 1.165) is 41.8 Å². The molecule has 2 aromatic rings. The molecule has 1 heterocycles. The van der Waals surface area contributed by atoms with Crippen LogP contribution >= 0.6 is 0 Å². The number of hydrogen-bond acceptors (Lipinski definition) is 0. The van der Waals surface area contributed by atoms with Crippen molar-refractivity contribution in [1.29, 1.82) is 0 Å². The minimum atomic E-state index is 0.896. The normalized spacial score (nSPS) is 13.5. The number of benzene rings is 2. The quantitative estimate of drug-likeness (QED) is 0.158. The van der Waals surface area contributed by atoms with Crippen molar-refractivity contribution >= 4 is 11.4 Å². The zero-order chi connectivity index (χ0) is 25.6. The molecule has 0 saturated carbocycles. The standard InChI is InChI=1S/C34H48N2/c1-4-7-9-11-13-15-19-28-21-17-23-31(25-28)33-27-30(6-3)34(36(33)35)32-24-18-22-29(26-32)20-16-14-12-10-8-5-2/h17-18,21-27H,4-16,19-20H2,1-3H3. The summed E-state index contributed by atoms with van der Waals surface area (Å²) >= 11 is 0. The zero-order valence-electron chi connectivity index (χ0n) is 23.2. The van der Waals surface area contributed by atoms with Crippen LogP contribution in [0.3, 0.4) is 0 Å². The molecule has 0 saturated heterocycles. The van der Waals surface area contributed by atoms with Gasteiger partial charge in [-0.1, -0.05) is 109 Å². The van der Waals surface area contributed by atoms with E-state index in [1.807, 2.05) is 0 Å². The molecule has 2 aromatic carbocycles. The van der Waals surface area contributed by atoms with Crippen LogP contribution in [0.1, 0.15) is 126 Å². The Hall–Kier alpha value is -2.48. The van der Waals surface area contributed by atoms with Crippen molar-refractivity contribution in [3.63, 3.8) is 0 Å². The van der Waals surface area contributed by atoms with E-state index in [2.05, 4.69) is 75.4 Å². The molecule has 0 bridgehead atoms. The molecular weight excluding hydrogens is 436 g/mol. The van der Waals surface area contributed by atoms with Gasteiger partial charge >= 0.3 is 0 Å². The van der Waals surface area contributed by atoms with E-state index < -0.39 is 0 Å². The lowest BCUT2D eigenvalue weighted by Crippen LogP contribution is -2.03. The predicted octanol–water partition coefficient (Wildman–Crippen LogP) is 10.7. The fourth-order valence-electron chi connectivity index (χ4n) is 5.31. The van der Waals surface area contributed by atoms with E-state index in [0.29, 0.717) is 0 Å². The summed E-state index contributed by atoms with van der Waals surface area (Å²) in [4.78, 5) is 0. The molecule has 0 N–H and O–H groups in total. The molecule has 194 valence electrons. The summed E-state index contributed by atoms with van der Waals surface area (Å²) in [6.07, 6.45) is 21.1. The van der Waals surface area contributed by atoms with Crippen LogP contribution in [0.5, 0.6) is 0 Å². The summed E-state index contributed by atoms with van der Waals surface area (Å²) in [6, 6.07) is 17.6. The van der Waals surface area contributed by atoms with E-state index in [4.69, 9.17) is 0 Å². The van der Waals surface area contributed by atoms with Gasteiger partial charge in [0.15, 0.2) is 0 Å². The highest BCUT2D eigenvalue weighted by Crippen LogP contribution is 2.37. The molecule has 1 aliphatic heterocycles. The van der Waals surface area contributed by atoms with Gasteiger partial charge in [0, 0.05) is 22.8 Å². The molecule has 0 atom stereocenters. The Morgan fingerprint density at radius 2 is 1.11 bits per heavy atom. The maximum absolute atomic E-state index is 11.3. The lowest BCUT2D eigenvalue weighted by Gasteiger charge is -2.11. The van der Waals surface area contributed by atoms with Gasteiger partial charge in [-0.15, -0.1) is 0 Å². The summed E-state index contributed by atoms with van der Waals surface area (Å²) < 4.78 is 1.44. The molecule has 0 fully saturated rings. The Morgan fingerprint density at radius 3 is 1.67 bits per heavy atom. The molecule has 36 heavy (non-hydrogen) atoms. The fourth-order valence-corrected chi connectivity index (χ4v) is 5.31. The van der Waals surface area contributed by atoms with Crippen molar-refractivity contribution in [2.45, 2.75) is 117 Å². The summed E-state index contributed by atoms with van der Waals surface area (Å²) in [7, 11) is 0. The van der Waals surface area contributed by atoms with Crippen LogP contribution in [-0.2, 0) is 12.8 Å². The summed E-state index contributed by atoms with van der Waals surface area (Å²) in [6.45, 7) is 6.72. The van der Waals surface area contributed by atoms with Crippen LogP contribution < -0.4 is 0 Å². The number of aryl methyl sites for hydroxylation is 2. The summed E-state index contributed by atoms with van der Waals surface area (Å²) in [5.74, 6) is 0. The maximum atomic E-state index is 11.3. The Bertz CT molecular complexity index is 1030. The topological polar surface area (TPSA) is 25.3 Å². The number of rotatable bonds is 17. The van der Waals surface area contributed by atoms with Crippen LogP contribution in [0.4, 0.5) is 0 Å². The first-order valence-corrected chi connectivity index (χ1v) is 14.8.